The first-order chi connectivity index (χ1) is 11.6. The van der Waals surface area contributed by atoms with Crippen LogP contribution in [-0.4, -0.2) is 38.7 Å². The second-order valence-electron chi connectivity index (χ2n) is 5.59. The number of fused-ring (bicyclic) bond motifs is 1. The Labute approximate surface area is 143 Å². The van der Waals surface area contributed by atoms with Gasteiger partial charge in [0, 0.05) is 6.54 Å². The summed E-state index contributed by atoms with van der Waals surface area (Å²) >= 11 is 1.49. The summed E-state index contributed by atoms with van der Waals surface area (Å²) < 4.78 is 12.3. The van der Waals surface area contributed by atoms with Gasteiger partial charge in [0.1, 0.15) is 0 Å². The van der Waals surface area contributed by atoms with Crippen molar-refractivity contribution in [3.63, 3.8) is 0 Å². The molecule has 1 aliphatic rings. The number of tetrazole rings is 1. The molecule has 3 rings (SSSR count). The fourth-order valence-corrected chi connectivity index (χ4v) is 3.01. The predicted molar refractivity (Wildman–Crippen MR) is 88.8 cm³/mol. The van der Waals surface area contributed by atoms with Crippen LogP contribution in [0.5, 0.6) is 11.5 Å². The molecule has 0 bridgehead atoms. The number of benzene rings is 1. The zero-order chi connectivity index (χ0) is 16.9. The quantitative estimate of drug-likeness (QED) is 0.810. The minimum Gasteiger partial charge on any atom is -0.454 e. The number of carbonyl (C=O) groups is 1. The fourth-order valence-electron chi connectivity index (χ4n) is 2.25. The second-order valence-corrected chi connectivity index (χ2v) is 6.58. The molecular weight excluding hydrogens is 330 g/mol. The van der Waals surface area contributed by atoms with Gasteiger partial charge in [0.05, 0.1) is 17.5 Å². The van der Waals surface area contributed by atoms with Gasteiger partial charge < -0.3 is 14.8 Å². The Hall–Kier alpha value is -2.29. The van der Waals surface area contributed by atoms with Crippen molar-refractivity contribution in [1.82, 2.24) is 25.5 Å². The number of carbonyl (C=O) groups excluding carboxylic acids is 1. The SMILES string of the molecule is CC(C)n1nnnc1CSCC(=O)NCc1ccc2c(c1)OCO2. The first-order valence-electron chi connectivity index (χ1n) is 7.63. The summed E-state index contributed by atoms with van der Waals surface area (Å²) in [6, 6.07) is 5.85. The smallest absolute Gasteiger partial charge is 0.231 e. The van der Waals surface area contributed by atoms with Crippen LogP contribution in [0.3, 0.4) is 0 Å². The van der Waals surface area contributed by atoms with Gasteiger partial charge in [-0.3, -0.25) is 4.79 Å². The van der Waals surface area contributed by atoms with Crippen LogP contribution in [0.1, 0.15) is 31.3 Å². The minimum atomic E-state index is -0.0266. The third-order valence-electron chi connectivity index (χ3n) is 3.44. The average Bonchev–Trinajstić information content (AvgIpc) is 3.21. The molecule has 0 fully saturated rings. The Morgan fingerprint density at radius 2 is 2.21 bits per heavy atom. The third kappa shape index (κ3) is 3.97. The van der Waals surface area contributed by atoms with E-state index in [0.29, 0.717) is 18.1 Å². The van der Waals surface area contributed by atoms with Crippen molar-refractivity contribution in [3.8, 4) is 11.5 Å². The van der Waals surface area contributed by atoms with E-state index in [1.165, 1.54) is 11.8 Å². The van der Waals surface area contributed by atoms with E-state index in [1.807, 2.05) is 32.0 Å². The topological polar surface area (TPSA) is 91.2 Å². The van der Waals surface area contributed by atoms with Crippen LogP contribution in [0, 0.1) is 0 Å². The van der Waals surface area contributed by atoms with Crippen LogP contribution < -0.4 is 14.8 Å². The maximum Gasteiger partial charge on any atom is 0.231 e. The molecule has 2 aromatic rings. The van der Waals surface area contributed by atoms with Crippen LogP contribution >= 0.6 is 11.8 Å². The Morgan fingerprint density at radius 3 is 3.04 bits per heavy atom. The van der Waals surface area contributed by atoms with Crippen molar-refractivity contribution in [2.24, 2.45) is 0 Å². The van der Waals surface area contributed by atoms with Crippen molar-refractivity contribution in [2.75, 3.05) is 12.5 Å². The second kappa shape index (κ2) is 7.52. The highest BCUT2D eigenvalue weighted by Gasteiger charge is 2.14. The Morgan fingerprint density at radius 1 is 1.38 bits per heavy atom. The highest BCUT2D eigenvalue weighted by molar-refractivity contribution is 7.99. The molecule has 1 aromatic heterocycles. The molecule has 1 amide bonds. The molecule has 0 aliphatic carbocycles. The van der Waals surface area contributed by atoms with Crippen molar-refractivity contribution < 1.29 is 14.3 Å². The van der Waals surface area contributed by atoms with Crippen LogP contribution in [0.4, 0.5) is 0 Å². The molecular formula is C15H19N5O3S. The Bertz CT molecular complexity index is 719. The summed E-state index contributed by atoms with van der Waals surface area (Å²) in [6.07, 6.45) is 0. The standard InChI is InChI=1S/C15H19N5O3S/c1-10(2)20-14(17-18-19-20)7-24-8-15(21)16-6-11-3-4-12-13(5-11)23-9-22-12/h3-5,10H,6-9H2,1-2H3,(H,16,21). The molecule has 1 aliphatic heterocycles. The maximum atomic E-state index is 12.0. The van der Waals surface area contributed by atoms with Gasteiger partial charge in [0.15, 0.2) is 17.3 Å². The average molecular weight is 349 g/mol. The Balaban J connectivity index is 1.42. The summed E-state index contributed by atoms with van der Waals surface area (Å²) in [6.45, 7) is 4.74. The molecule has 0 saturated carbocycles. The van der Waals surface area contributed by atoms with Crippen molar-refractivity contribution in [3.05, 3.63) is 29.6 Å². The fraction of sp³-hybridized carbons (Fsp3) is 0.467. The first kappa shape index (κ1) is 16.6. The predicted octanol–water partition coefficient (Wildman–Crippen LogP) is 1.53. The number of thioether (sulfide) groups is 1. The lowest BCUT2D eigenvalue weighted by Crippen LogP contribution is -2.24. The number of ether oxygens (including phenoxy) is 2. The van der Waals surface area contributed by atoms with Crippen molar-refractivity contribution in [1.29, 1.82) is 0 Å². The summed E-state index contributed by atoms with van der Waals surface area (Å²) in [7, 11) is 0. The summed E-state index contributed by atoms with van der Waals surface area (Å²) in [5, 5.41) is 14.5. The molecule has 0 atom stereocenters. The number of amides is 1. The van der Waals surface area contributed by atoms with E-state index >= 15 is 0 Å². The van der Waals surface area contributed by atoms with Gasteiger partial charge in [-0.05, 0) is 42.0 Å². The molecule has 9 heteroatoms. The summed E-state index contributed by atoms with van der Waals surface area (Å²) in [5.41, 5.74) is 0.973. The van der Waals surface area contributed by atoms with Crippen LogP contribution in [0.2, 0.25) is 0 Å². The zero-order valence-electron chi connectivity index (χ0n) is 13.6. The number of nitrogens with zero attached hydrogens (tertiary/aromatic N) is 4. The van der Waals surface area contributed by atoms with E-state index in [2.05, 4.69) is 20.8 Å². The number of nitrogens with one attached hydrogen (secondary N) is 1. The van der Waals surface area contributed by atoms with E-state index < -0.39 is 0 Å². The molecule has 1 N–H and O–H groups in total. The monoisotopic (exact) mass is 349 g/mol. The van der Waals surface area contributed by atoms with Gasteiger partial charge in [0.25, 0.3) is 0 Å². The van der Waals surface area contributed by atoms with Crippen LogP contribution in [0.25, 0.3) is 0 Å². The minimum absolute atomic E-state index is 0.0266. The molecule has 24 heavy (non-hydrogen) atoms. The molecule has 8 nitrogen and oxygen atoms in total. The molecule has 2 heterocycles. The molecule has 0 radical (unpaired) electrons. The van der Waals surface area contributed by atoms with Crippen molar-refractivity contribution in [2.45, 2.75) is 32.2 Å². The number of aromatic nitrogens is 4. The zero-order valence-corrected chi connectivity index (χ0v) is 14.4. The van der Waals surface area contributed by atoms with Crippen LogP contribution in [0.15, 0.2) is 18.2 Å². The molecule has 1 aromatic carbocycles. The summed E-state index contributed by atoms with van der Waals surface area (Å²) in [5.74, 6) is 3.16. The maximum absolute atomic E-state index is 12.0. The highest BCUT2D eigenvalue weighted by Crippen LogP contribution is 2.32. The molecule has 0 unspecified atom stereocenters. The third-order valence-corrected chi connectivity index (χ3v) is 4.37. The number of hydrogen-bond donors (Lipinski definition) is 1. The Kier molecular flexibility index (Phi) is 5.19. The van der Waals surface area contributed by atoms with Gasteiger partial charge in [-0.2, -0.15) is 0 Å². The van der Waals surface area contributed by atoms with Gasteiger partial charge >= 0.3 is 0 Å². The number of rotatable bonds is 7. The molecule has 0 saturated heterocycles. The lowest BCUT2D eigenvalue weighted by Gasteiger charge is -2.08. The van der Waals surface area contributed by atoms with Gasteiger partial charge in [-0.25, -0.2) is 4.68 Å². The lowest BCUT2D eigenvalue weighted by atomic mass is 10.2. The lowest BCUT2D eigenvalue weighted by molar-refractivity contribution is -0.118. The van der Waals surface area contributed by atoms with E-state index in [9.17, 15) is 4.79 Å². The summed E-state index contributed by atoms with van der Waals surface area (Å²) in [4.78, 5) is 12.0. The van der Waals surface area contributed by atoms with Crippen molar-refractivity contribution >= 4 is 17.7 Å². The van der Waals surface area contributed by atoms with Gasteiger partial charge in [-0.15, -0.1) is 16.9 Å². The molecule has 0 spiro atoms. The van der Waals surface area contributed by atoms with Crippen LogP contribution in [-0.2, 0) is 17.1 Å². The largest absolute Gasteiger partial charge is 0.454 e. The van der Waals surface area contributed by atoms with Gasteiger partial charge in [0.2, 0.25) is 12.7 Å². The highest BCUT2D eigenvalue weighted by atomic mass is 32.2. The first-order valence-corrected chi connectivity index (χ1v) is 8.78. The van der Waals surface area contributed by atoms with E-state index in [-0.39, 0.29) is 18.7 Å². The van der Waals surface area contributed by atoms with E-state index in [0.717, 1.165) is 22.9 Å². The van der Waals surface area contributed by atoms with Gasteiger partial charge in [-0.1, -0.05) is 6.07 Å². The molecule has 128 valence electrons. The normalized spacial score (nSPS) is 12.6. The number of hydrogen-bond acceptors (Lipinski definition) is 7. The van der Waals surface area contributed by atoms with E-state index in [1.54, 1.807) is 4.68 Å². The van der Waals surface area contributed by atoms with E-state index in [4.69, 9.17) is 9.47 Å².